The molecule has 0 spiro atoms. The molecule has 0 unspecified atom stereocenters. The summed E-state index contributed by atoms with van der Waals surface area (Å²) in [7, 11) is -2.36. The van der Waals surface area contributed by atoms with E-state index in [0.717, 1.165) is 18.2 Å². The van der Waals surface area contributed by atoms with Gasteiger partial charge in [-0.3, -0.25) is 4.79 Å². The monoisotopic (exact) mass is 398 g/mol. The van der Waals surface area contributed by atoms with Crippen molar-refractivity contribution in [2.75, 3.05) is 26.7 Å². The normalized spacial score (nSPS) is 11.3. The molecule has 0 aliphatic carbocycles. The Balaban J connectivity index is 2.06. The van der Waals surface area contributed by atoms with Crippen LogP contribution in [0.2, 0.25) is 0 Å². The van der Waals surface area contributed by atoms with Crippen molar-refractivity contribution in [2.24, 2.45) is 0 Å². The minimum absolute atomic E-state index is 0.102. The van der Waals surface area contributed by atoms with Gasteiger partial charge in [0, 0.05) is 13.6 Å². The highest BCUT2D eigenvalue weighted by molar-refractivity contribution is 7.89. The molecule has 0 aliphatic heterocycles. The van der Waals surface area contributed by atoms with Crippen molar-refractivity contribution in [2.45, 2.75) is 11.8 Å². The summed E-state index contributed by atoms with van der Waals surface area (Å²) in [6.07, 6.45) is 0. The van der Waals surface area contributed by atoms with Gasteiger partial charge in [0.25, 0.3) is 5.91 Å². The molecule has 0 aliphatic rings. The fraction of sp³-hybridized carbons (Fsp3) is 0.278. The lowest BCUT2D eigenvalue weighted by Gasteiger charge is -2.18. The zero-order valence-electron chi connectivity index (χ0n) is 14.9. The van der Waals surface area contributed by atoms with Crippen LogP contribution in [0.15, 0.2) is 47.4 Å². The van der Waals surface area contributed by atoms with E-state index < -0.39 is 27.6 Å². The number of sulfonamides is 1. The second-order valence-corrected chi connectivity index (χ2v) is 7.44. The molecular formula is C18H20F2N2O4S. The number of benzene rings is 2. The molecule has 0 fully saturated rings. The summed E-state index contributed by atoms with van der Waals surface area (Å²) in [6, 6.07) is 8.44. The quantitative estimate of drug-likeness (QED) is 0.741. The van der Waals surface area contributed by atoms with Gasteiger partial charge in [-0.25, -0.2) is 21.9 Å². The molecule has 0 radical (unpaired) electrons. The van der Waals surface area contributed by atoms with Gasteiger partial charge in [-0.1, -0.05) is 6.92 Å². The lowest BCUT2D eigenvalue weighted by Crippen LogP contribution is -2.32. The van der Waals surface area contributed by atoms with Crippen LogP contribution in [0.5, 0.6) is 5.75 Å². The number of halogens is 2. The molecule has 6 nitrogen and oxygen atoms in total. The Morgan fingerprint density at radius 1 is 1.15 bits per heavy atom. The van der Waals surface area contributed by atoms with E-state index in [0.29, 0.717) is 5.75 Å². The third kappa shape index (κ3) is 5.48. The van der Waals surface area contributed by atoms with E-state index in [2.05, 4.69) is 4.72 Å². The zero-order chi connectivity index (χ0) is 20.0. The van der Waals surface area contributed by atoms with Crippen LogP contribution in [0.25, 0.3) is 0 Å². The summed E-state index contributed by atoms with van der Waals surface area (Å²) < 4.78 is 58.6. The minimum atomic E-state index is -3.81. The topological polar surface area (TPSA) is 75.7 Å². The average molecular weight is 398 g/mol. The molecule has 0 bridgehead atoms. The first-order valence-electron chi connectivity index (χ1n) is 8.17. The van der Waals surface area contributed by atoms with Crippen molar-refractivity contribution in [3.63, 3.8) is 0 Å². The van der Waals surface area contributed by atoms with Crippen LogP contribution in [0, 0.1) is 11.6 Å². The van der Waals surface area contributed by atoms with Crippen molar-refractivity contribution >= 4 is 15.9 Å². The van der Waals surface area contributed by atoms with E-state index in [1.54, 1.807) is 6.92 Å². The van der Waals surface area contributed by atoms with E-state index in [-0.39, 0.29) is 30.2 Å². The first-order chi connectivity index (χ1) is 12.7. The minimum Gasteiger partial charge on any atom is -0.492 e. The van der Waals surface area contributed by atoms with Gasteiger partial charge >= 0.3 is 0 Å². The van der Waals surface area contributed by atoms with Gasteiger partial charge in [0.1, 0.15) is 24.0 Å². The van der Waals surface area contributed by atoms with Crippen LogP contribution in [-0.2, 0) is 10.0 Å². The summed E-state index contributed by atoms with van der Waals surface area (Å²) >= 11 is 0. The third-order valence-corrected chi connectivity index (χ3v) is 5.21. The van der Waals surface area contributed by atoms with Crippen molar-refractivity contribution in [1.29, 1.82) is 0 Å². The summed E-state index contributed by atoms with van der Waals surface area (Å²) in [5, 5.41) is 0. The van der Waals surface area contributed by atoms with Crippen LogP contribution in [0.4, 0.5) is 8.78 Å². The molecule has 0 aromatic heterocycles. The van der Waals surface area contributed by atoms with E-state index in [1.807, 2.05) is 0 Å². The van der Waals surface area contributed by atoms with E-state index in [1.165, 1.54) is 36.2 Å². The van der Waals surface area contributed by atoms with Crippen molar-refractivity contribution in [1.82, 2.24) is 9.62 Å². The molecular weight excluding hydrogens is 378 g/mol. The van der Waals surface area contributed by atoms with Crippen LogP contribution in [0.1, 0.15) is 17.3 Å². The van der Waals surface area contributed by atoms with Crippen LogP contribution >= 0.6 is 0 Å². The number of rotatable bonds is 8. The number of hydrogen-bond donors (Lipinski definition) is 1. The second kappa shape index (κ2) is 8.92. The number of likely N-dealkylation sites (N-methyl/N-ethyl adjacent to an activating group) is 1. The number of nitrogens with zero attached hydrogens (tertiary/aromatic N) is 1. The Bertz CT molecular complexity index is 902. The molecule has 146 valence electrons. The maximum absolute atomic E-state index is 14.0. The number of amides is 1. The second-order valence-electron chi connectivity index (χ2n) is 5.67. The average Bonchev–Trinajstić information content (AvgIpc) is 2.63. The zero-order valence-corrected chi connectivity index (χ0v) is 15.7. The maximum atomic E-state index is 14.0. The van der Waals surface area contributed by atoms with Gasteiger partial charge in [0.05, 0.1) is 17.0 Å². The number of hydrogen-bond acceptors (Lipinski definition) is 4. The van der Waals surface area contributed by atoms with Crippen LogP contribution in [-0.4, -0.2) is 46.0 Å². The van der Waals surface area contributed by atoms with Gasteiger partial charge in [0.15, 0.2) is 0 Å². The fourth-order valence-electron chi connectivity index (χ4n) is 2.25. The van der Waals surface area contributed by atoms with E-state index in [9.17, 15) is 22.0 Å². The lowest BCUT2D eigenvalue weighted by atomic mass is 10.2. The molecule has 0 atom stereocenters. The lowest BCUT2D eigenvalue weighted by molar-refractivity contribution is 0.0769. The Morgan fingerprint density at radius 3 is 2.44 bits per heavy atom. The highest BCUT2D eigenvalue weighted by Crippen LogP contribution is 2.17. The number of ether oxygens (including phenoxy) is 1. The predicted octanol–water partition coefficient (Wildman–Crippen LogP) is 2.41. The molecule has 0 heterocycles. The summed E-state index contributed by atoms with van der Waals surface area (Å²) in [5.74, 6) is -1.45. The Morgan fingerprint density at radius 2 is 1.81 bits per heavy atom. The molecule has 27 heavy (non-hydrogen) atoms. The molecule has 0 saturated carbocycles. The van der Waals surface area contributed by atoms with Crippen LogP contribution in [0.3, 0.4) is 0 Å². The molecule has 9 heteroatoms. The SMILES string of the molecule is CCNS(=O)(=O)c1ccc(F)c(C(=O)N(C)CCOc2ccc(F)cc2)c1. The van der Waals surface area contributed by atoms with E-state index in [4.69, 9.17) is 4.74 Å². The predicted molar refractivity (Wildman–Crippen MR) is 96.1 cm³/mol. The molecule has 2 aromatic carbocycles. The number of carbonyl (C=O) groups is 1. The third-order valence-electron chi connectivity index (χ3n) is 3.67. The largest absolute Gasteiger partial charge is 0.492 e. The van der Waals surface area contributed by atoms with Crippen LogP contribution < -0.4 is 9.46 Å². The first-order valence-corrected chi connectivity index (χ1v) is 9.66. The van der Waals surface area contributed by atoms with Gasteiger partial charge in [0.2, 0.25) is 10.0 Å². The van der Waals surface area contributed by atoms with Crippen molar-refractivity contribution in [3.05, 3.63) is 59.7 Å². The molecule has 2 rings (SSSR count). The standard InChI is InChI=1S/C18H20F2N2O4S/c1-3-21-27(24,25)15-8-9-17(20)16(12-15)18(23)22(2)10-11-26-14-6-4-13(19)5-7-14/h4-9,12,21H,3,10-11H2,1-2H3. The first kappa shape index (κ1) is 20.8. The Kier molecular flexibility index (Phi) is 6.86. The van der Waals surface area contributed by atoms with Gasteiger partial charge in [-0.2, -0.15) is 0 Å². The van der Waals surface area contributed by atoms with Crippen molar-refractivity contribution in [3.8, 4) is 5.75 Å². The maximum Gasteiger partial charge on any atom is 0.256 e. The van der Waals surface area contributed by atoms with Crippen molar-refractivity contribution < 1.29 is 26.7 Å². The molecule has 0 saturated heterocycles. The van der Waals surface area contributed by atoms with Gasteiger partial charge < -0.3 is 9.64 Å². The molecule has 1 amide bonds. The summed E-state index contributed by atoms with van der Waals surface area (Å²) in [5.41, 5.74) is -0.349. The Hall–Kier alpha value is -2.52. The number of carbonyl (C=O) groups excluding carboxylic acids is 1. The number of nitrogens with one attached hydrogen (secondary N) is 1. The van der Waals surface area contributed by atoms with Gasteiger partial charge in [-0.05, 0) is 42.5 Å². The molecule has 2 aromatic rings. The van der Waals surface area contributed by atoms with Gasteiger partial charge in [-0.15, -0.1) is 0 Å². The summed E-state index contributed by atoms with van der Waals surface area (Å²) in [6.45, 7) is 2.01. The summed E-state index contributed by atoms with van der Waals surface area (Å²) in [4.78, 5) is 13.5. The molecule has 1 N–H and O–H groups in total. The highest BCUT2D eigenvalue weighted by atomic mass is 32.2. The smallest absolute Gasteiger partial charge is 0.256 e. The highest BCUT2D eigenvalue weighted by Gasteiger charge is 2.21. The Labute approximate surface area is 156 Å². The fourth-order valence-corrected chi connectivity index (χ4v) is 3.31. The van der Waals surface area contributed by atoms with E-state index >= 15 is 0 Å².